The van der Waals surface area contributed by atoms with E-state index in [1.165, 1.54) is 26.4 Å². The number of ether oxygens (including phenoxy) is 7. The standard InChI is InChI=1S/C24H30O11/c1-29-21-15-17(3-5-19(21)23(27)34-9-7-25)32-13-11-31-12-14-33-18-4-6-20(22(16-18)30-2)24(28)35-10-8-26/h3-6,15-16,25-26H,7-14H2,1-2H3. The molecule has 0 fully saturated rings. The van der Waals surface area contributed by atoms with E-state index in [2.05, 4.69) is 0 Å². The van der Waals surface area contributed by atoms with Crippen molar-refractivity contribution >= 4 is 11.9 Å². The molecule has 2 aromatic rings. The van der Waals surface area contributed by atoms with Crippen LogP contribution in [0.5, 0.6) is 23.0 Å². The van der Waals surface area contributed by atoms with Gasteiger partial charge in [0, 0.05) is 12.1 Å². The van der Waals surface area contributed by atoms with Gasteiger partial charge in [-0.05, 0) is 24.3 Å². The van der Waals surface area contributed by atoms with E-state index in [9.17, 15) is 9.59 Å². The lowest BCUT2D eigenvalue weighted by Gasteiger charge is -2.12. The summed E-state index contributed by atoms with van der Waals surface area (Å²) < 4.78 is 36.9. The van der Waals surface area contributed by atoms with Crippen molar-refractivity contribution in [3.63, 3.8) is 0 Å². The summed E-state index contributed by atoms with van der Waals surface area (Å²) in [4.78, 5) is 23.9. The smallest absolute Gasteiger partial charge is 0.342 e. The summed E-state index contributed by atoms with van der Waals surface area (Å²) in [5, 5.41) is 17.5. The van der Waals surface area contributed by atoms with Crippen molar-refractivity contribution in [2.45, 2.75) is 0 Å². The monoisotopic (exact) mass is 494 g/mol. The largest absolute Gasteiger partial charge is 0.496 e. The first-order valence-corrected chi connectivity index (χ1v) is 10.8. The molecule has 0 saturated heterocycles. The second-order valence-corrected chi connectivity index (χ2v) is 6.75. The number of aliphatic hydroxyl groups excluding tert-OH is 2. The minimum atomic E-state index is -0.598. The lowest BCUT2D eigenvalue weighted by Crippen LogP contribution is -2.13. The van der Waals surface area contributed by atoms with Crippen LogP contribution < -0.4 is 18.9 Å². The van der Waals surface area contributed by atoms with Crippen LogP contribution in [0, 0.1) is 0 Å². The van der Waals surface area contributed by atoms with Gasteiger partial charge in [-0.2, -0.15) is 0 Å². The molecule has 0 aliphatic rings. The van der Waals surface area contributed by atoms with E-state index in [-0.39, 0.29) is 50.8 Å². The van der Waals surface area contributed by atoms with Gasteiger partial charge in [-0.1, -0.05) is 0 Å². The van der Waals surface area contributed by atoms with Gasteiger partial charge in [0.2, 0.25) is 0 Å². The molecule has 0 unspecified atom stereocenters. The van der Waals surface area contributed by atoms with Crippen molar-refractivity contribution in [1.82, 2.24) is 0 Å². The molecule has 2 aromatic carbocycles. The number of carbonyl (C=O) groups is 2. The van der Waals surface area contributed by atoms with E-state index in [1.54, 1.807) is 24.3 Å². The summed E-state index contributed by atoms with van der Waals surface area (Å²) in [5.74, 6) is 0.375. The van der Waals surface area contributed by atoms with E-state index in [1.807, 2.05) is 0 Å². The summed E-state index contributed by atoms with van der Waals surface area (Å²) in [7, 11) is 2.86. The Labute approximate surface area is 203 Å². The minimum Gasteiger partial charge on any atom is -0.496 e. The Balaban J connectivity index is 1.72. The van der Waals surface area contributed by atoms with Gasteiger partial charge in [-0.3, -0.25) is 0 Å². The number of aliphatic hydroxyl groups is 2. The molecule has 0 spiro atoms. The SMILES string of the molecule is COc1cc(OCCOCCOc2ccc(C(=O)OCCO)c(OC)c2)ccc1C(=O)OCCO. The van der Waals surface area contributed by atoms with Crippen LogP contribution in [0.25, 0.3) is 0 Å². The van der Waals surface area contributed by atoms with Gasteiger partial charge < -0.3 is 43.4 Å². The number of hydrogen-bond donors (Lipinski definition) is 2. The van der Waals surface area contributed by atoms with Crippen LogP contribution in [-0.4, -0.2) is 89.2 Å². The average Bonchev–Trinajstić information content (AvgIpc) is 2.89. The highest BCUT2D eigenvalue weighted by molar-refractivity contribution is 5.93. The first kappa shape index (κ1) is 27.7. The molecular formula is C24H30O11. The quantitative estimate of drug-likeness (QED) is 0.259. The molecule has 35 heavy (non-hydrogen) atoms. The molecule has 0 heterocycles. The third-order valence-corrected chi connectivity index (χ3v) is 4.43. The topological polar surface area (TPSA) is 139 Å². The Morgan fingerprint density at radius 2 is 1.09 bits per heavy atom. The Morgan fingerprint density at radius 1 is 0.657 bits per heavy atom. The van der Waals surface area contributed by atoms with E-state index < -0.39 is 11.9 Å². The van der Waals surface area contributed by atoms with Gasteiger partial charge in [0.15, 0.2) is 0 Å². The van der Waals surface area contributed by atoms with Crippen molar-refractivity contribution in [1.29, 1.82) is 0 Å². The minimum absolute atomic E-state index is 0.0970. The van der Waals surface area contributed by atoms with Gasteiger partial charge in [-0.25, -0.2) is 9.59 Å². The number of hydrogen-bond acceptors (Lipinski definition) is 11. The molecule has 0 saturated carbocycles. The fraction of sp³-hybridized carbons (Fsp3) is 0.417. The molecule has 2 rings (SSSR count). The molecular weight excluding hydrogens is 464 g/mol. The molecule has 11 heteroatoms. The molecule has 0 aromatic heterocycles. The van der Waals surface area contributed by atoms with Crippen LogP contribution in [0.1, 0.15) is 20.7 Å². The van der Waals surface area contributed by atoms with E-state index >= 15 is 0 Å². The second-order valence-electron chi connectivity index (χ2n) is 6.75. The lowest BCUT2D eigenvalue weighted by molar-refractivity contribution is 0.0423. The Morgan fingerprint density at radius 3 is 1.46 bits per heavy atom. The maximum atomic E-state index is 12.0. The lowest BCUT2D eigenvalue weighted by atomic mass is 10.2. The molecule has 0 radical (unpaired) electrons. The van der Waals surface area contributed by atoms with Gasteiger partial charge in [0.25, 0.3) is 0 Å². The normalized spacial score (nSPS) is 10.4. The van der Waals surface area contributed by atoms with Crippen LogP contribution in [-0.2, 0) is 14.2 Å². The highest BCUT2D eigenvalue weighted by atomic mass is 16.6. The molecule has 0 aliphatic carbocycles. The van der Waals surface area contributed by atoms with Gasteiger partial charge in [0.1, 0.15) is 60.6 Å². The van der Waals surface area contributed by atoms with Crippen molar-refractivity contribution in [2.24, 2.45) is 0 Å². The van der Waals surface area contributed by atoms with Crippen LogP contribution in [0.2, 0.25) is 0 Å². The van der Waals surface area contributed by atoms with Crippen LogP contribution >= 0.6 is 0 Å². The van der Waals surface area contributed by atoms with Crippen LogP contribution in [0.4, 0.5) is 0 Å². The highest BCUT2D eigenvalue weighted by Gasteiger charge is 2.16. The number of esters is 2. The zero-order valence-electron chi connectivity index (χ0n) is 19.7. The second kappa shape index (κ2) is 15.4. The van der Waals surface area contributed by atoms with E-state index in [4.69, 9.17) is 43.4 Å². The van der Waals surface area contributed by atoms with Crippen molar-refractivity contribution in [3.05, 3.63) is 47.5 Å². The maximum Gasteiger partial charge on any atom is 0.342 e. The Hall–Kier alpha value is -3.54. The first-order chi connectivity index (χ1) is 17.0. The summed E-state index contributed by atoms with van der Waals surface area (Å²) in [6.45, 7) is 0.398. The zero-order valence-corrected chi connectivity index (χ0v) is 19.7. The van der Waals surface area contributed by atoms with Crippen molar-refractivity contribution < 1.29 is 53.0 Å². The molecule has 0 atom stereocenters. The average molecular weight is 494 g/mol. The number of rotatable bonds is 16. The summed E-state index contributed by atoms with van der Waals surface area (Å²) in [6, 6.07) is 9.39. The molecule has 11 nitrogen and oxygen atoms in total. The molecule has 0 amide bonds. The predicted octanol–water partition coefficient (Wildman–Crippen LogP) is 1.48. The molecule has 2 N–H and O–H groups in total. The number of benzene rings is 2. The summed E-state index contributed by atoms with van der Waals surface area (Å²) >= 11 is 0. The summed E-state index contributed by atoms with van der Waals surface area (Å²) in [6.07, 6.45) is 0. The van der Waals surface area contributed by atoms with Crippen molar-refractivity contribution in [3.8, 4) is 23.0 Å². The Kier molecular flexibility index (Phi) is 12.2. The van der Waals surface area contributed by atoms with E-state index in [0.29, 0.717) is 36.2 Å². The fourth-order valence-electron chi connectivity index (χ4n) is 2.83. The summed E-state index contributed by atoms with van der Waals surface area (Å²) in [5.41, 5.74) is 0.460. The molecule has 0 bridgehead atoms. The van der Waals surface area contributed by atoms with Crippen LogP contribution in [0.15, 0.2) is 36.4 Å². The van der Waals surface area contributed by atoms with Gasteiger partial charge in [-0.15, -0.1) is 0 Å². The highest BCUT2D eigenvalue weighted by Crippen LogP contribution is 2.26. The zero-order chi connectivity index (χ0) is 25.5. The third-order valence-electron chi connectivity index (χ3n) is 4.43. The molecule has 0 aliphatic heterocycles. The van der Waals surface area contributed by atoms with Gasteiger partial charge >= 0.3 is 11.9 Å². The van der Waals surface area contributed by atoms with Crippen LogP contribution in [0.3, 0.4) is 0 Å². The fourth-order valence-corrected chi connectivity index (χ4v) is 2.83. The van der Waals surface area contributed by atoms with Gasteiger partial charge in [0.05, 0.1) is 40.6 Å². The number of methoxy groups -OCH3 is 2. The Bertz CT molecular complexity index is 870. The molecule has 192 valence electrons. The maximum absolute atomic E-state index is 12.0. The first-order valence-electron chi connectivity index (χ1n) is 10.8. The van der Waals surface area contributed by atoms with Crippen molar-refractivity contribution in [2.75, 3.05) is 67.1 Å². The predicted molar refractivity (Wildman–Crippen MR) is 123 cm³/mol. The third kappa shape index (κ3) is 8.96. The van der Waals surface area contributed by atoms with E-state index in [0.717, 1.165) is 0 Å². The number of carbonyl (C=O) groups excluding carboxylic acids is 2.